The number of carbonyl (C=O) groups excluding carboxylic acids is 1. The van der Waals surface area contributed by atoms with Gasteiger partial charge in [-0.1, -0.05) is 13.3 Å². The summed E-state index contributed by atoms with van der Waals surface area (Å²) in [4.78, 5) is 11.9. The van der Waals surface area contributed by atoms with Crippen LogP contribution in [0.25, 0.3) is 0 Å². The van der Waals surface area contributed by atoms with Gasteiger partial charge in [-0.2, -0.15) is 5.10 Å². The molecule has 1 saturated carbocycles. The third kappa shape index (κ3) is 1.89. The molecule has 5 heteroatoms. The SMILES string of the molecule is Cc1[nH]nc(C(=O)NC2CCCC2C)c1N. The summed E-state index contributed by atoms with van der Waals surface area (Å²) in [6.07, 6.45) is 3.41. The van der Waals surface area contributed by atoms with Crippen LogP contribution in [0.4, 0.5) is 5.69 Å². The van der Waals surface area contributed by atoms with E-state index in [9.17, 15) is 4.79 Å². The minimum atomic E-state index is -0.166. The predicted octanol–water partition coefficient (Wildman–Crippen LogP) is 1.22. The summed E-state index contributed by atoms with van der Waals surface area (Å²) in [5.41, 5.74) is 7.26. The first kappa shape index (κ1) is 11.0. The normalized spacial score (nSPS) is 24.6. The standard InChI is InChI=1S/C11H18N4O/c1-6-4-3-5-8(6)13-11(16)10-9(12)7(2)14-15-10/h6,8H,3-5,12H2,1-2H3,(H,13,16)(H,14,15). The Bertz CT molecular complexity index is 399. The molecular formula is C11H18N4O. The Balaban J connectivity index is 2.06. The number of aryl methyl sites for hydroxylation is 1. The van der Waals surface area contributed by atoms with Crippen molar-refractivity contribution in [2.45, 2.75) is 39.2 Å². The number of nitrogen functional groups attached to an aromatic ring is 1. The van der Waals surface area contributed by atoms with Crippen molar-refractivity contribution in [3.05, 3.63) is 11.4 Å². The van der Waals surface area contributed by atoms with Crippen LogP contribution in [0, 0.1) is 12.8 Å². The summed E-state index contributed by atoms with van der Waals surface area (Å²) in [5, 5.41) is 9.64. The molecule has 0 spiro atoms. The van der Waals surface area contributed by atoms with Crippen molar-refractivity contribution in [2.24, 2.45) is 5.92 Å². The van der Waals surface area contributed by atoms with Gasteiger partial charge < -0.3 is 11.1 Å². The number of nitrogens with two attached hydrogens (primary N) is 1. The van der Waals surface area contributed by atoms with E-state index in [2.05, 4.69) is 22.4 Å². The number of carbonyl (C=O) groups is 1. The molecule has 0 aromatic carbocycles. The fraction of sp³-hybridized carbons (Fsp3) is 0.636. The lowest BCUT2D eigenvalue weighted by atomic mass is 10.1. The van der Waals surface area contributed by atoms with Gasteiger partial charge in [0.25, 0.3) is 5.91 Å². The molecule has 2 unspecified atom stereocenters. The van der Waals surface area contributed by atoms with E-state index in [1.807, 2.05) is 0 Å². The largest absolute Gasteiger partial charge is 0.395 e. The van der Waals surface area contributed by atoms with Gasteiger partial charge in [-0.3, -0.25) is 9.89 Å². The molecule has 1 fully saturated rings. The minimum Gasteiger partial charge on any atom is -0.395 e. The first-order valence-electron chi connectivity index (χ1n) is 5.71. The van der Waals surface area contributed by atoms with Crippen LogP contribution >= 0.6 is 0 Å². The van der Waals surface area contributed by atoms with Crippen LogP contribution < -0.4 is 11.1 Å². The van der Waals surface area contributed by atoms with Crippen molar-refractivity contribution in [1.29, 1.82) is 0 Å². The average molecular weight is 222 g/mol. The zero-order chi connectivity index (χ0) is 11.7. The van der Waals surface area contributed by atoms with E-state index in [-0.39, 0.29) is 11.9 Å². The summed E-state index contributed by atoms with van der Waals surface area (Å²) in [6.45, 7) is 3.97. The monoisotopic (exact) mass is 222 g/mol. The number of aromatic amines is 1. The highest BCUT2D eigenvalue weighted by Gasteiger charge is 2.26. The van der Waals surface area contributed by atoms with Crippen molar-refractivity contribution in [3.63, 3.8) is 0 Å². The van der Waals surface area contributed by atoms with E-state index < -0.39 is 0 Å². The number of hydrogen-bond donors (Lipinski definition) is 3. The number of rotatable bonds is 2. The molecule has 16 heavy (non-hydrogen) atoms. The van der Waals surface area contributed by atoms with E-state index >= 15 is 0 Å². The van der Waals surface area contributed by atoms with Crippen molar-refractivity contribution in [2.75, 3.05) is 5.73 Å². The van der Waals surface area contributed by atoms with Crippen LogP contribution in [0.3, 0.4) is 0 Å². The molecule has 2 rings (SSSR count). The maximum Gasteiger partial charge on any atom is 0.274 e. The van der Waals surface area contributed by atoms with E-state index in [1.165, 1.54) is 12.8 Å². The Kier molecular flexibility index (Phi) is 2.85. The van der Waals surface area contributed by atoms with E-state index in [0.717, 1.165) is 12.1 Å². The third-order valence-electron chi connectivity index (χ3n) is 3.39. The number of anilines is 1. The van der Waals surface area contributed by atoms with Crippen LogP contribution in [0.5, 0.6) is 0 Å². The third-order valence-corrected chi connectivity index (χ3v) is 3.39. The Morgan fingerprint density at radius 2 is 2.31 bits per heavy atom. The fourth-order valence-corrected chi connectivity index (χ4v) is 2.21. The van der Waals surface area contributed by atoms with E-state index in [1.54, 1.807) is 6.92 Å². The molecule has 0 aliphatic heterocycles. The number of aromatic nitrogens is 2. The Hall–Kier alpha value is -1.52. The van der Waals surface area contributed by atoms with Crippen LogP contribution in [0.15, 0.2) is 0 Å². The molecule has 1 aliphatic rings. The molecule has 4 N–H and O–H groups in total. The highest BCUT2D eigenvalue weighted by molar-refractivity contribution is 5.97. The lowest BCUT2D eigenvalue weighted by molar-refractivity contribution is 0.0925. The number of hydrogen-bond acceptors (Lipinski definition) is 3. The van der Waals surface area contributed by atoms with Crippen LogP contribution in [0.1, 0.15) is 42.4 Å². The summed E-state index contributed by atoms with van der Waals surface area (Å²) < 4.78 is 0. The van der Waals surface area contributed by atoms with Gasteiger partial charge in [-0.05, 0) is 25.7 Å². The number of nitrogens with zero attached hydrogens (tertiary/aromatic N) is 1. The first-order valence-corrected chi connectivity index (χ1v) is 5.71. The number of amides is 1. The van der Waals surface area contributed by atoms with Gasteiger partial charge in [0.1, 0.15) is 0 Å². The zero-order valence-corrected chi connectivity index (χ0v) is 9.71. The Labute approximate surface area is 94.8 Å². The van der Waals surface area contributed by atoms with Gasteiger partial charge in [0.2, 0.25) is 0 Å². The molecule has 0 radical (unpaired) electrons. The molecule has 0 bridgehead atoms. The van der Waals surface area contributed by atoms with Gasteiger partial charge in [-0.25, -0.2) is 0 Å². The number of nitrogens with one attached hydrogen (secondary N) is 2. The smallest absolute Gasteiger partial charge is 0.274 e. The van der Waals surface area contributed by atoms with E-state index in [0.29, 0.717) is 17.3 Å². The minimum absolute atomic E-state index is 0.166. The summed E-state index contributed by atoms with van der Waals surface area (Å²) in [5.74, 6) is 0.380. The molecule has 2 atom stereocenters. The Morgan fingerprint density at radius 3 is 2.81 bits per heavy atom. The highest BCUT2D eigenvalue weighted by Crippen LogP contribution is 2.25. The van der Waals surface area contributed by atoms with Crippen molar-refractivity contribution in [1.82, 2.24) is 15.5 Å². The quantitative estimate of drug-likeness (QED) is 0.703. The summed E-state index contributed by atoms with van der Waals surface area (Å²) in [7, 11) is 0. The van der Waals surface area contributed by atoms with Gasteiger partial charge in [0, 0.05) is 6.04 Å². The molecule has 0 saturated heterocycles. The van der Waals surface area contributed by atoms with Crippen molar-refractivity contribution < 1.29 is 4.79 Å². The molecule has 1 aliphatic carbocycles. The van der Waals surface area contributed by atoms with E-state index in [4.69, 9.17) is 5.73 Å². The van der Waals surface area contributed by atoms with Crippen LogP contribution in [0.2, 0.25) is 0 Å². The van der Waals surface area contributed by atoms with Crippen molar-refractivity contribution >= 4 is 11.6 Å². The second kappa shape index (κ2) is 4.15. The molecule has 1 heterocycles. The molecule has 5 nitrogen and oxygen atoms in total. The molecular weight excluding hydrogens is 204 g/mol. The van der Waals surface area contributed by atoms with Gasteiger partial charge >= 0.3 is 0 Å². The topological polar surface area (TPSA) is 83.8 Å². The second-order valence-corrected chi connectivity index (χ2v) is 4.60. The van der Waals surface area contributed by atoms with Gasteiger partial charge in [0.15, 0.2) is 5.69 Å². The zero-order valence-electron chi connectivity index (χ0n) is 9.71. The highest BCUT2D eigenvalue weighted by atomic mass is 16.2. The lowest BCUT2D eigenvalue weighted by Gasteiger charge is -2.16. The molecule has 1 amide bonds. The average Bonchev–Trinajstić information content (AvgIpc) is 2.77. The lowest BCUT2D eigenvalue weighted by Crippen LogP contribution is -2.36. The fourth-order valence-electron chi connectivity index (χ4n) is 2.21. The predicted molar refractivity (Wildman–Crippen MR) is 62.0 cm³/mol. The molecule has 88 valence electrons. The Morgan fingerprint density at radius 1 is 1.56 bits per heavy atom. The number of H-pyrrole nitrogens is 1. The maximum atomic E-state index is 11.9. The van der Waals surface area contributed by atoms with Crippen LogP contribution in [-0.4, -0.2) is 22.1 Å². The first-order chi connectivity index (χ1) is 7.59. The second-order valence-electron chi connectivity index (χ2n) is 4.60. The van der Waals surface area contributed by atoms with Gasteiger partial charge in [-0.15, -0.1) is 0 Å². The molecule has 1 aromatic rings. The molecule has 1 aromatic heterocycles. The summed E-state index contributed by atoms with van der Waals surface area (Å²) >= 11 is 0. The van der Waals surface area contributed by atoms with Gasteiger partial charge in [0.05, 0.1) is 11.4 Å². The maximum absolute atomic E-state index is 11.9. The van der Waals surface area contributed by atoms with Crippen molar-refractivity contribution in [3.8, 4) is 0 Å². The summed E-state index contributed by atoms with van der Waals surface area (Å²) in [6, 6.07) is 0.268. The van der Waals surface area contributed by atoms with Crippen LogP contribution in [-0.2, 0) is 0 Å².